The molecule has 3 amide bonds. The highest BCUT2D eigenvalue weighted by molar-refractivity contribution is 6.41. The van der Waals surface area contributed by atoms with Crippen molar-refractivity contribution in [3.63, 3.8) is 0 Å². The first-order valence-corrected chi connectivity index (χ1v) is 12.5. The van der Waals surface area contributed by atoms with Crippen LogP contribution in [0.5, 0.6) is 5.75 Å². The molecule has 2 aromatic rings. The van der Waals surface area contributed by atoms with E-state index in [1.165, 1.54) is 11.1 Å². The lowest BCUT2D eigenvalue weighted by Crippen LogP contribution is -2.52. The zero-order chi connectivity index (χ0) is 24.6. The average molecular weight is 479 g/mol. The lowest BCUT2D eigenvalue weighted by molar-refractivity contribution is -0.139. The minimum atomic E-state index is -1.03. The average Bonchev–Trinajstić information content (AvgIpc) is 3.41. The molecular weight excluding hydrogens is 444 g/mol. The first-order chi connectivity index (χ1) is 17.1. The van der Waals surface area contributed by atoms with Gasteiger partial charge in [-0.05, 0) is 55.5 Å². The van der Waals surface area contributed by atoms with Gasteiger partial charge in [-0.25, -0.2) is 0 Å². The molecule has 8 heteroatoms. The van der Waals surface area contributed by atoms with Crippen LogP contribution >= 0.6 is 0 Å². The van der Waals surface area contributed by atoms with Gasteiger partial charge >= 0.3 is 11.8 Å². The number of anilines is 1. The number of methoxy groups -OCH3 is 1. The Hall–Kier alpha value is -3.42. The highest BCUT2D eigenvalue weighted by Crippen LogP contribution is 2.30. The molecule has 186 valence electrons. The number of carbonyl (C=O) groups is 3. The summed E-state index contributed by atoms with van der Waals surface area (Å²) >= 11 is 0. The Kier molecular flexibility index (Phi) is 8.34. The van der Waals surface area contributed by atoms with Crippen LogP contribution in [0, 0.1) is 0 Å². The van der Waals surface area contributed by atoms with Gasteiger partial charge in [0.15, 0.2) is 0 Å². The smallest absolute Gasteiger partial charge is 0.317 e. The number of nitrogens with one attached hydrogen (secondary N) is 2. The van der Waals surface area contributed by atoms with E-state index in [2.05, 4.69) is 15.6 Å². The van der Waals surface area contributed by atoms with Crippen LogP contribution in [0.4, 0.5) is 5.69 Å². The van der Waals surface area contributed by atoms with E-state index in [1.807, 2.05) is 0 Å². The maximum absolute atomic E-state index is 13.8. The van der Waals surface area contributed by atoms with E-state index in [0.29, 0.717) is 17.0 Å². The fourth-order valence-corrected chi connectivity index (χ4v) is 5.04. The monoisotopic (exact) mass is 478 g/mol. The Morgan fingerprint density at radius 2 is 1.54 bits per heavy atom. The predicted octanol–water partition coefficient (Wildman–Crippen LogP) is 3.67. The van der Waals surface area contributed by atoms with Crippen molar-refractivity contribution in [2.45, 2.75) is 75.9 Å². The van der Waals surface area contributed by atoms with Crippen LogP contribution in [0.25, 0.3) is 0 Å². The van der Waals surface area contributed by atoms with Gasteiger partial charge in [-0.3, -0.25) is 24.3 Å². The Balaban J connectivity index is 1.69. The van der Waals surface area contributed by atoms with Crippen LogP contribution in [0.15, 0.2) is 48.8 Å². The Morgan fingerprint density at radius 3 is 2.14 bits per heavy atom. The lowest BCUT2D eigenvalue weighted by Gasteiger charge is -2.33. The molecule has 2 fully saturated rings. The van der Waals surface area contributed by atoms with E-state index in [1.54, 1.807) is 49.7 Å². The molecule has 2 saturated carbocycles. The topological polar surface area (TPSA) is 101 Å². The van der Waals surface area contributed by atoms with Gasteiger partial charge in [0, 0.05) is 18.3 Å². The number of rotatable bonds is 7. The summed E-state index contributed by atoms with van der Waals surface area (Å²) in [5.41, 5.74) is 0.976. The highest BCUT2D eigenvalue weighted by atomic mass is 16.5. The van der Waals surface area contributed by atoms with E-state index in [4.69, 9.17) is 4.74 Å². The summed E-state index contributed by atoms with van der Waals surface area (Å²) in [5, 5.41) is 6.02. The van der Waals surface area contributed by atoms with Gasteiger partial charge < -0.3 is 15.4 Å². The van der Waals surface area contributed by atoms with Gasteiger partial charge in [-0.15, -0.1) is 0 Å². The largest absolute Gasteiger partial charge is 0.497 e. The zero-order valence-electron chi connectivity index (χ0n) is 20.2. The van der Waals surface area contributed by atoms with Crippen LogP contribution in [0.1, 0.15) is 69.4 Å². The highest BCUT2D eigenvalue weighted by Gasteiger charge is 2.37. The molecule has 1 unspecified atom stereocenters. The molecular formula is C27H34N4O4. The van der Waals surface area contributed by atoms with Crippen molar-refractivity contribution in [2.24, 2.45) is 0 Å². The number of carbonyl (C=O) groups excluding carboxylic acids is 3. The van der Waals surface area contributed by atoms with E-state index in [-0.39, 0.29) is 18.0 Å². The zero-order valence-corrected chi connectivity index (χ0v) is 20.2. The van der Waals surface area contributed by atoms with E-state index in [0.717, 1.165) is 57.8 Å². The van der Waals surface area contributed by atoms with E-state index < -0.39 is 17.9 Å². The second-order valence-electron chi connectivity index (χ2n) is 9.36. The van der Waals surface area contributed by atoms with Crippen molar-refractivity contribution in [3.05, 3.63) is 54.4 Å². The molecule has 0 aliphatic heterocycles. The van der Waals surface area contributed by atoms with Gasteiger partial charge in [0.05, 0.1) is 19.0 Å². The third-order valence-electron chi connectivity index (χ3n) is 6.92. The minimum absolute atomic E-state index is 0.0160. The Morgan fingerprint density at radius 1 is 0.914 bits per heavy atom. The van der Waals surface area contributed by atoms with Crippen molar-refractivity contribution in [2.75, 3.05) is 12.0 Å². The molecule has 1 atom stereocenters. The maximum atomic E-state index is 13.8. The van der Waals surface area contributed by atoms with E-state index >= 15 is 0 Å². The molecule has 0 saturated heterocycles. The van der Waals surface area contributed by atoms with Gasteiger partial charge in [0.1, 0.15) is 11.8 Å². The second-order valence-corrected chi connectivity index (χ2v) is 9.36. The third-order valence-corrected chi connectivity index (χ3v) is 6.92. The number of ether oxygens (including phenoxy) is 1. The van der Waals surface area contributed by atoms with Gasteiger partial charge in [0.25, 0.3) is 0 Å². The van der Waals surface area contributed by atoms with Gasteiger partial charge in [0.2, 0.25) is 5.91 Å². The van der Waals surface area contributed by atoms with Crippen molar-refractivity contribution < 1.29 is 19.1 Å². The van der Waals surface area contributed by atoms with Crippen molar-refractivity contribution in [3.8, 4) is 5.75 Å². The normalized spacial score (nSPS) is 17.4. The van der Waals surface area contributed by atoms with Gasteiger partial charge in [-0.2, -0.15) is 0 Å². The summed E-state index contributed by atoms with van der Waals surface area (Å²) in [7, 11) is 1.57. The van der Waals surface area contributed by atoms with Crippen molar-refractivity contribution in [1.29, 1.82) is 0 Å². The molecule has 8 nitrogen and oxygen atoms in total. The molecule has 2 aliphatic carbocycles. The quantitative estimate of drug-likeness (QED) is 0.592. The van der Waals surface area contributed by atoms with Crippen molar-refractivity contribution in [1.82, 2.24) is 15.6 Å². The molecule has 0 bridgehead atoms. The SMILES string of the molecule is COc1ccc(C(C(=O)NC2CCCCC2)N(C(=O)C(=O)NC2CCCC2)c2cccnc2)cc1. The lowest BCUT2D eigenvalue weighted by atomic mass is 9.94. The molecule has 0 spiro atoms. The van der Waals surface area contributed by atoms with Crippen molar-refractivity contribution >= 4 is 23.4 Å². The van der Waals surface area contributed by atoms with E-state index in [9.17, 15) is 14.4 Å². The number of hydrogen-bond donors (Lipinski definition) is 2. The molecule has 0 radical (unpaired) electrons. The summed E-state index contributed by atoms with van der Waals surface area (Å²) in [5.74, 6) is -1.15. The summed E-state index contributed by atoms with van der Waals surface area (Å²) in [6.45, 7) is 0. The second kappa shape index (κ2) is 11.8. The molecule has 1 aromatic carbocycles. The maximum Gasteiger partial charge on any atom is 0.317 e. The molecule has 35 heavy (non-hydrogen) atoms. The summed E-state index contributed by atoms with van der Waals surface area (Å²) in [4.78, 5) is 45.9. The van der Waals surface area contributed by atoms with Crippen LogP contribution in [0.2, 0.25) is 0 Å². The van der Waals surface area contributed by atoms with Crippen LogP contribution in [0.3, 0.4) is 0 Å². The number of pyridine rings is 1. The first kappa shape index (κ1) is 24.7. The number of benzene rings is 1. The van der Waals surface area contributed by atoms with Crippen LogP contribution in [-0.2, 0) is 14.4 Å². The van der Waals surface area contributed by atoms with Crippen LogP contribution in [-0.4, -0.2) is 41.9 Å². The first-order valence-electron chi connectivity index (χ1n) is 12.5. The van der Waals surface area contributed by atoms with Gasteiger partial charge in [-0.1, -0.05) is 44.2 Å². The minimum Gasteiger partial charge on any atom is -0.497 e. The number of nitrogens with zero attached hydrogens (tertiary/aromatic N) is 2. The standard InChI is InChI=1S/C27H34N4O4/c1-35-23-15-13-19(14-16-23)24(25(32)29-20-8-3-2-4-9-20)31(22-12-7-17-28-18-22)27(34)26(33)30-21-10-5-6-11-21/h7,12-18,20-21,24H,2-6,8-11H2,1H3,(H,29,32)(H,30,33). The number of amides is 3. The Bertz CT molecular complexity index is 1000. The third kappa shape index (κ3) is 6.18. The van der Waals surface area contributed by atoms with Crippen LogP contribution < -0.4 is 20.3 Å². The summed E-state index contributed by atoms with van der Waals surface area (Å²) in [6.07, 6.45) is 12.0. The molecule has 2 N–H and O–H groups in total. The molecule has 2 aliphatic rings. The summed E-state index contributed by atoms with van der Waals surface area (Å²) in [6, 6.07) is 9.40. The Labute approximate surface area is 206 Å². The number of hydrogen-bond acceptors (Lipinski definition) is 5. The molecule has 4 rings (SSSR count). The fourth-order valence-electron chi connectivity index (χ4n) is 5.04. The molecule has 1 heterocycles. The summed E-state index contributed by atoms with van der Waals surface area (Å²) < 4.78 is 5.28. The fraction of sp³-hybridized carbons (Fsp3) is 0.481. The predicted molar refractivity (Wildman–Crippen MR) is 133 cm³/mol. The number of aromatic nitrogens is 1. The molecule has 1 aromatic heterocycles.